The number of rotatable bonds is 2. The van der Waals surface area contributed by atoms with E-state index in [0.29, 0.717) is 30.4 Å². The molecule has 0 atom stereocenters. The smallest absolute Gasteiger partial charge is 0.264 e. The van der Waals surface area contributed by atoms with Gasteiger partial charge in [-0.2, -0.15) is 0 Å². The Kier molecular flexibility index (Phi) is 3.59. The molecule has 0 fully saturated rings. The van der Waals surface area contributed by atoms with E-state index in [4.69, 9.17) is 4.74 Å². The zero-order valence-corrected chi connectivity index (χ0v) is 15.0. The highest BCUT2D eigenvalue weighted by Gasteiger charge is 2.36. The Labute approximate surface area is 137 Å². The lowest BCUT2D eigenvalue weighted by Crippen LogP contribution is -2.38. The maximum atomic E-state index is 12.9. The molecule has 1 aromatic carbocycles. The highest BCUT2D eigenvalue weighted by atomic mass is 32.2. The minimum atomic E-state index is -3.69. The van der Waals surface area contributed by atoms with E-state index in [0.717, 1.165) is 28.0 Å². The lowest BCUT2D eigenvalue weighted by atomic mass is 9.94. The summed E-state index contributed by atoms with van der Waals surface area (Å²) in [7, 11) is -3.69. The van der Waals surface area contributed by atoms with Gasteiger partial charge in [0.25, 0.3) is 10.0 Å². The van der Waals surface area contributed by atoms with Crippen LogP contribution in [0, 0.1) is 20.8 Å². The van der Waals surface area contributed by atoms with Crippen LogP contribution in [-0.2, 0) is 16.4 Å². The molecule has 23 heavy (non-hydrogen) atoms. The third-order valence-electron chi connectivity index (χ3n) is 4.47. The number of nitrogens with one attached hydrogen (secondary N) is 2. The van der Waals surface area contributed by atoms with E-state index in [1.807, 2.05) is 34.6 Å². The maximum absolute atomic E-state index is 12.9. The molecule has 2 aliphatic heterocycles. The summed E-state index contributed by atoms with van der Waals surface area (Å²) < 4.78 is 34.3. The largest absolute Gasteiger partial charge is 0.487 e. The number of benzene rings is 1. The van der Waals surface area contributed by atoms with E-state index in [9.17, 15) is 8.42 Å². The van der Waals surface area contributed by atoms with Gasteiger partial charge in [-0.25, -0.2) is 13.1 Å². The number of sulfonamides is 1. The molecule has 6 nitrogen and oxygen atoms in total. The number of hydrogen-bond acceptors (Lipinski definition) is 5. The molecule has 0 amide bonds. The van der Waals surface area contributed by atoms with Gasteiger partial charge in [-0.05, 0) is 51.3 Å². The van der Waals surface area contributed by atoms with Gasteiger partial charge in [-0.15, -0.1) is 0 Å². The zero-order chi connectivity index (χ0) is 17.0. The Morgan fingerprint density at radius 3 is 2.48 bits per heavy atom. The molecule has 126 valence electrons. The van der Waals surface area contributed by atoms with Crippen LogP contribution in [0.1, 0.15) is 36.1 Å². The molecular formula is C16H23N3O3S. The molecule has 2 aliphatic rings. The topological polar surface area (TPSA) is 79.8 Å². The van der Waals surface area contributed by atoms with Crippen molar-refractivity contribution < 1.29 is 13.2 Å². The zero-order valence-electron chi connectivity index (χ0n) is 14.2. The first-order valence-electron chi connectivity index (χ1n) is 7.75. The lowest BCUT2D eigenvalue weighted by molar-refractivity contribution is 0.137. The van der Waals surface area contributed by atoms with Gasteiger partial charge in [0.05, 0.1) is 11.4 Å². The first kappa shape index (κ1) is 16.1. The molecule has 0 saturated heterocycles. The average molecular weight is 337 g/mol. The SMILES string of the molecule is Cc1c(C)c(S(=O)(=O)NC2=NCCN2)c(C)c2c1OC(C)(C)C2. The number of ether oxygens (including phenoxy) is 1. The van der Waals surface area contributed by atoms with Crippen LogP contribution in [0.25, 0.3) is 0 Å². The Morgan fingerprint density at radius 1 is 1.17 bits per heavy atom. The van der Waals surface area contributed by atoms with Crippen LogP contribution in [-0.4, -0.2) is 33.1 Å². The maximum Gasteiger partial charge on any atom is 0.264 e. The fraction of sp³-hybridized carbons (Fsp3) is 0.562. The van der Waals surface area contributed by atoms with E-state index < -0.39 is 10.0 Å². The van der Waals surface area contributed by atoms with Gasteiger partial charge in [0, 0.05) is 18.5 Å². The van der Waals surface area contributed by atoms with Crippen molar-refractivity contribution in [3.8, 4) is 5.75 Å². The molecular weight excluding hydrogens is 314 g/mol. The van der Waals surface area contributed by atoms with Gasteiger partial charge in [0.1, 0.15) is 11.4 Å². The fourth-order valence-electron chi connectivity index (χ4n) is 3.29. The molecule has 0 spiro atoms. The normalized spacial score (nSPS) is 18.9. The van der Waals surface area contributed by atoms with Crippen LogP contribution in [0.5, 0.6) is 5.75 Å². The van der Waals surface area contributed by atoms with Crippen molar-refractivity contribution in [1.82, 2.24) is 10.0 Å². The predicted molar refractivity (Wildman–Crippen MR) is 89.7 cm³/mol. The van der Waals surface area contributed by atoms with Crippen LogP contribution in [0.15, 0.2) is 9.89 Å². The van der Waals surface area contributed by atoms with Crippen molar-refractivity contribution in [2.24, 2.45) is 4.99 Å². The molecule has 0 aromatic heterocycles. The molecule has 2 N–H and O–H groups in total. The molecule has 3 rings (SSSR count). The third-order valence-corrected chi connectivity index (χ3v) is 6.08. The number of guanidine groups is 1. The molecule has 0 bridgehead atoms. The molecule has 0 unspecified atom stereocenters. The van der Waals surface area contributed by atoms with Crippen LogP contribution in [0.2, 0.25) is 0 Å². The standard InChI is InChI=1S/C16H23N3O3S/c1-9-10(2)14(23(20,21)19-15-17-6-7-18-15)11(3)12-8-16(4,5)22-13(9)12/h6-8H2,1-5H3,(H2,17,18,19). The molecule has 0 saturated carbocycles. The highest BCUT2D eigenvalue weighted by molar-refractivity contribution is 7.90. The molecule has 0 radical (unpaired) electrons. The minimum Gasteiger partial charge on any atom is -0.487 e. The summed E-state index contributed by atoms with van der Waals surface area (Å²) in [5.41, 5.74) is 3.06. The van der Waals surface area contributed by atoms with E-state index in [1.54, 1.807) is 0 Å². The van der Waals surface area contributed by atoms with E-state index in [-0.39, 0.29) is 5.60 Å². The number of fused-ring (bicyclic) bond motifs is 1. The van der Waals surface area contributed by atoms with Crippen LogP contribution >= 0.6 is 0 Å². The average Bonchev–Trinajstić information content (AvgIpc) is 3.02. The Bertz CT molecular complexity index is 811. The Balaban J connectivity index is 2.12. The molecule has 7 heteroatoms. The van der Waals surface area contributed by atoms with Crippen LogP contribution in [0.3, 0.4) is 0 Å². The minimum absolute atomic E-state index is 0.308. The molecule has 1 aromatic rings. The second-order valence-corrected chi connectivity index (χ2v) is 8.43. The van der Waals surface area contributed by atoms with Gasteiger partial charge < -0.3 is 10.1 Å². The lowest BCUT2D eigenvalue weighted by Gasteiger charge is -2.19. The monoisotopic (exact) mass is 337 g/mol. The van der Waals surface area contributed by atoms with Crippen molar-refractivity contribution in [2.75, 3.05) is 13.1 Å². The Morgan fingerprint density at radius 2 is 1.87 bits per heavy atom. The number of hydrogen-bond donors (Lipinski definition) is 2. The van der Waals surface area contributed by atoms with Crippen molar-refractivity contribution in [2.45, 2.75) is 51.5 Å². The van der Waals surface area contributed by atoms with Crippen molar-refractivity contribution in [1.29, 1.82) is 0 Å². The summed E-state index contributed by atoms with van der Waals surface area (Å²) in [5.74, 6) is 1.15. The first-order chi connectivity index (χ1) is 10.6. The van der Waals surface area contributed by atoms with E-state index in [2.05, 4.69) is 15.0 Å². The van der Waals surface area contributed by atoms with Gasteiger partial charge in [0.2, 0.25) is 5.96 Å². The van der Waals surface area contributed by atoms with Crippen molar-refractivity contribution >= 4 is 16.0 Å². The number of nitrogens with zero attached hydrogens (tertiary/aromatic N) is 1. The second-order valence-electron chi connectivity index (χ2n) is 6.81. The molecule has 2 heterocycles. The molecule has 0 aliphatic carbocycles. The van der Waals surface area contributed by atoms with E-state index in [1.165, 1.54) is 0 Å². The van der Waals surface area contributed by atoms with Crippen LogP contribution < -0.4 is 14.8 Å². The van der Waals surface area contributed by atoms with Gasteiger partial charge >= 0.3 is 0 Å². The highest BCUT2D eigenvalue weighted by Crippen LogP contribution is 2.43. The third kappa shape index (κ3) is 2.67. The Hall–Kier alpha value is -1.76. The van der Waals surface area contributed by atoms with Crippen LogP contribution in [0.4, 0.5) is 0 Å². The summed E-state index contributed by atoms with van der Waals surface area (Å²) in [5, 5.41) is 2.94. The van der Waals surface area contributed by atoms with Gasteiger partial charge in [-0.3, -0.25) is 4.99 Å². The van der Waals surface area contributed by atoms with Crippen molar-refractivity contribution in [3.63, 3.8) is 0 Å². The fourth-order valence-corrected chi connectivity index (χ4v) is 4.87. The summed E-state index contributed by atoms with van der Waals surface area (Å²) in [6.07, 6.45) is 0.705. The first-order valence-corrected chi connectivity index (χ1v) is 9.23. The summed E-state index contributed by atoms with van der Waals surface area (Å²) in [6.45, 7) is 10.9. The summed E-state index contributed by atoms with van der Waals surface area (Å²) >= 11 is 0. The van der Waals surface area contributed by atoms with Gasteiger partial charge in [-0.1, -0.05) is 0 Å². The number of aliphatic imine (C=N–C) groups is 1. The second kappa shape index (κ2) is 5.12. The quantitative estimate of drug-likeness (QED) is 0.858. The summed E-state index contributed by atoms with van der Waals surface area (Å²) in [6, 6.07) is 0. The summed E-state index contributed by atoms with van der Waals surface area (Å²) in [4.78, 5) is 4.45. The predicted octanol–water partition coefficient (Wildman–Crippen LogP) is 1.56. The van der Waals surface area contributed by atoms with E-state index >= 15 is 0 Å². The van der Waals surface area contributed by atoms with Crippen molar-refractivity contribution in [3.05, 3.63) is 22.3 Å². The van der Waals surface area contributed by atoms with Gasteiger partial charge in [0.15, 0.2) is 0 Å².